The van der Waals surface area contributed by atoms with E-state index in [0.29, 0.717) is 25.7 Å². The quantitative estimate of drug-likeness (QED) is 0.614. The van der Waals surface area contributed by atoms with Gasteiger partial charge in [0, 0.05) is 33.2 Å². The number of amides is 1. The van der Waals surface area contributed by atoms with Crippen molar-refractivity contribution in [2.45, 2.75) is 44.2 Å². The second-order valence-corrected chi connectivity index (χ2v) is 8.67. The maximum absolute atomic E-state index is 13.4. The maximum atomic E-state index is 13.4. The van der Waals surface area contributed by atoms with Gasteiger partial charge in [0.15, 0.2) is 0 Å². The molecule has 1 spiro atoms. The predicted octanol–water partition coefficient (Wildman–Crippen LogP) is 3.91. The molecule has 0 aromatic heterocycles. The van der Waals surface area contributed by atoms with E-state index in [2.05, 4.69) is 53.4 Å². The van der Waals surface area contributed by atoms with Gasteiger partial charge in [0.25, 0.3) is 0 Å². The molecule has 2 aliphatic heterocycles. The van der Waals surface area contributed by atoms with Crippen molar-refractivity contribution in [3.63, 3.8) is 0 Å². The Morgan fingerprint density at radius 1 is 0.903 bits per heavy atom. The summed E-state index contributed by atoms with van der Waals surface area (Å²) in [6.07, 6.45) is 5.00. The lowest BCUT2D eigenvalue weighted by molar-refractivity contribution is -0.148. The number of rotatable bonds is 9. The molecule has 5 heteroatoms. The first-order valence-corrected chi connectivity index (χ1v) is 11.5. The highest BCUT2D eigenvalue weighted by molar-refractivity contribution is 5.87. The van der Waals surface area contributed by atoms with Gasteiger partial charge in [-0.15, -0.1) is 0 Å². The van der Waals surface area contributed by atoms with Gasteiger partial charge in [0.1, 0.15) is 11.3 Å². The van der Waals surface area contributed by atoms with E-state index in [9.17, 15) is 4.79 Å². The number of carbonyl (C=O) groups excluding carboxylic acids is 1. The highest BCUT2D eigenvalue weighted by Gasteiger charge is 2.50. The number of hydrogen-bond donors (Lipinski definition) is 0. The van der Waals surface area contributed by atoms with Gasteiger partial charge in [-0.3, -0.25) is 9.69 Å². The van der Waals surface area contributed by atoms with E-state index in [1.807, 2.05) is 11.0 Å². The number of ether oxygens (including phenoxy) is 2. The third kappa shape index (κ3) is 5.10. The van der Waals surface area contributed by atoms with Crippen LogP contribution >= 0.6 is 0 Å². The summed E-state index contributed by atoms with van der Waals surface area (Å²) in [5.74, 6) is 1.20. The molecule has 2 aliphatic rings. The average Bonchev–Trinajstić information content (AvgIpc) is 3.19. The lowest BCUT2D eigenvalue weighted by atomic mass is 9.85. The number of methoxy groups -OCH3 is 1. The summed E-state index contributed by atoms with van der Waals surface area (Å²) in [5.41, 5.74) is 2.20. The zero-order valence-corrected chi connectivity index (χ0v) is 18.6. The molecule has 1 unspecified atom stereocenters. The Kier molecular flexibility index (Phi) is 7.25. The molecule has 0 aliphatic carbocycles. The smallest absolute Gasteiger partial charge is 0.243 e. The zero-order valence-electron chi connectivity index (χ0n) is 18.6. The minimum Gasteiger partial charge on any atom is -0.493 e. The van der Waals surface area contributed by atoms with Crippen LogP contribution in [0.25, 0.3) is 0 Å². The Morgan fingerprint density at radius 3 is 2.39 bits per heavy atom. The average molecular weight is 423 g/mol. The van der Waals surface area contributed by atoms with Gasteiger partial charge in [-0.1, -0.05) is 42.5 Å². The van der Waals surface area contributed by atoms with Crippen molar-refractivity contribution in [2.75, 3.05) is 40.0 Å². The zero-order chi connectivity index (χ0) is 21.5. The first kappa shape index (κ1) is 21.8. The minimum atomic E-state index is -0.323. The van der Waals surface area contributed by atoms with Gasteiger partial charge in [-0.25, -0.2) is 0 Å². The number of nitrogens with zero attached hydrogens (tertiary/aromatic N) is 2. The molecule has 2 saturated heterocycles. The van der Waals surface area contributed by atoms with Gasteiger partial charge < -0.3 is 14.4 Å². The van der Waals surface area contributed by atoms with Crippen LogP contribution in [0.15, 0.2) is 54.6 Å². The number of hydrogen-bond acceptors (Lipinski definition) is 4. The summed E-state index contributed by atoms with van der Waals surface area (Å²) in [7, 11) is 1.70. The van der Waals surface area contributed by atoms with Crippen LogP contribution in [0.4, 0.5) is 0 Å². The van der Waals surface area contributed by atoms with Crippen molar-refractivity contribution in [3.8, 4) is 5.75 Å². The molecule has 0 N–H and O–H groups in total. The Hall–Kier alpha value is -2.37. The summed E-state index contributed by atoms with van der Waals surface area (Å²) in [6.45, 7) is 4.62. The lowest BCUT2D eigenvalue weighted by Gasteiger charge is -2.44. The molecule has 5 nitrogen and oxygen atoms in total. The van der Waals surface area contributed by atoms with Gasteiger partial charge in [0.2, 0.25) is 5.91 Å². The molecule has 0 radical (unpaired) electrons. The van der Waals surface area contributed by atoms with Crippen molar-refractivity contribution in [2.24, 2.45) is 0 Å². The monoisotopic (exact) mass is 422 g/mol. The molecule has 1 atom stereocenters. The van der Waals surface area contributed by atoms with E-state index in [1.54, 1.807) is 7.11 Å². The van der Waals surface area contributed by atoms with Gasteiger partial charge in [-0.2, -0.15) is 0 Å². The molecule has 2 aromatic rings. The Labute approximate surface area is 185 Å². The number of piperidine rings is 1. The summed E-state index contributed by atoms with van der Waals surface area (Å²) < 4.78 is 11.1. The normalized spacial score (nSPS) is 21.7. The summed E-state index contributed by atoms with van der Waals surface area (Å²) in [4.78, 5) is 17.8. The van der Waals surface area contributed by atoms with Crippen LogP contribution in [0, 0.1) is 0 Å². The van der Waals surface area contributed by atoms with E-state index in [0.717, 1.165) is 57.5 Å². The standard InChI is InChI=1S/C26H34N2O3/c1-30-20-18-27-16-5-14-26(25(27)29)15-6-17-28(26)21-23-9-11-24(12-10-23)31-19-13-22-7-3-2-4-8-22/h2-4,7-12H,5-6,13-21H2,1H3. The van der Waals surface area contributed by atoms with Crippen molar-refractivity contribution in [1.29, 1.82) is 0 Å². The predicted molar refractivity (Wildman–Crippen MR) is 122 cm³/mol. The fourth-order valence-corrected chi connectivity index (χ4v) is 5.01. The van der Waals surface area contributed by atoms with E-state index < -0.39 is 0 Å². The fourth-order valence-electron chi connectivity index (χ4n) is 5.01. The molecule has 0 saturated carbocycles. The van der Waals surface area contributed by atoms with Crippen LogP contribution in [0.5, 0.6) is 5.75 Å². The maximum Gasteiger partial charge on any atom is 0.243 e. The minimum absolute atomic E-state index is 0.300. The summed E-state index contributed by atoms with van der Waals surface area (Å²) in [6, 6.07) is 18.8. The molecular formula is C26H34N2O3. The van der Waals surface area contributed by atoms with Crippen molar-refractivity contribution in [1.82, 2.24) is 9.80 Å². The Morgan fingerprint density at radius 2 is 1.65 bits per heavy atom. The molecule has 166 valence electrons. The van der Waals surface area contributed by atoms with Crippen LogP contribution in [-0.2, 0) is 22.5 Å². The van der Waals surface area contributed by atoms with E-state index in [4.69, 9.17) is 9.47 Å². The second kappa shape index (κ2) is 10.3. The number of benzene rings is 2. The number of carbonyl (C=O) groups is 1. The lowest BCUT2D eigenvalue weighted by Crippen LogP contribution is -2.60. The van der Waals surface area contributed by atoms with Crippen molar-refractivity contribution < 1.29 is 14.3 Å². The topological polar surface area (TPSA) is 42.0 Å². The summed E-state index contributed by atoms with van der Waals surface area (Å²) >= 11 is 0. The van der Waals surface area contributed by atoms with Crippen LogP contribution < -0.4 is 4.74 Å². The van der Waals surface area contributed by atoms with Crippen LogP contribution in [0.2, 0.25) is 0 Å². The van der Waals surface area contributed by atoms with Crippen molar-refractivity contribution >= 4 is 5.91 Å². The first-order valence-electron chi connectivity index (χ1n) is 11.5. The molecule has 4 rings (SSSR count). The number of likely N-dealkylation sites (tertiary alicyclic amines) is 2. The highest BCUT2D eigenvalue weighted by atomic mass is 16.5. The van der Waals surface area contributed by atoms with Crippen LogP contribution in [0.3, 0.4) is 0 Å². The molecule has 0 bridgehead atoms. The largest absolute Gasteiger partial charge is 0.493 e. The highest BCUT2D eigenvalue weighted by Crippen LogP contribution is 2.39. The third-order valence-corrected chi connectivity index (χ3v) is 6.69. The van der Waals surface area contributed by atoms with Gasteiger partial charge in [-0.05, 0) is 55.5 Å². The molecular weight excluding hydrogens is 388 g/mol. The van der Waals surface area contributed by atoms with Crippen LogP contribution in [0.1, 0.15) is 36.8 Å². The van der Waals surface area contributed by atoms with Gasteiger partial charge >= 0.3 is 0 Å². The second-order valence-electron chi connectivity index (χ2n) is 8.67. The summed E-state index contributed by atoms with van der Waals surface area (Å²) in [5, 5.41) is 0. The van der Waals surface area contributed by atoms with E-state index in [1.165, 1.54) is 11.1 Å². The SMILES string of the molecule is COCCN1CCCC2(CCCN2Cc2ccc(OCCc3ccccc3)cc2)C1=O. The molecule has 2 heterocycles. The molecule has 2 aromatic carbocycles. The van der Waals surface area contributed by atoms with E-state index in [-0.39, 0.29) is 5.54 Å². The van der Waals surface area contributed by atoms with E-state index >= 15 is 0 Å². The van der Waals surface area contributed by atoms with Crippen molar-refractivity contribution in [3.05, 3.63) is 65.7 Å². The van der Waals surface area contributed by atoms with Gasteiger partial charge in [0.05, 0.1) is 13.2 Å². The Bertz CT molecular complexity index is 839. The Balaban J connectivity index is 1.34. The molecule has 2 fully saturated rings. The fraction of sp³-hybridized carbons (Fsp3) is 0.500. The molecule has 1 amide bonds. The first-order chi connectivity index (χ1) is 15.2. The molecule has 31 heavy (non-hydrogen) atoms. The van der Waals surface area contributed by atoms with Crippen LogP contribution in [-0.4, -0.2) is 61.2 Å². The third-order valence-electron chi connectivity index (χ3n) is 6.69.